The van der Waals surface area contributed by atoms with E-state index in [-0.39, 0.29) is 0 Å². The third kappa shape index (κ3) is 2.49. The van der Waals surface area contributed by atoms with Gasteiger partial charge in [0.1, 0.15) is 11.6 Å². The lowest BCUT2D eigenvalue weighted by atomic mass is 9.99. The number of rotatable bonds is 4. The van der Waals surface area contributed by atoms with Crippen LogP contribution < -0.4 is 10.1 Å². The Kier molecular flexibility index (Phi) is 3.90. The van der Waals surface area contributed by atoms with E-state index >= 15 is 0 Å². The summed E-state index contributed by atoms with van der Waals surface area (Å²) in [7, 11) is 3.64. The smallest absolute Gasteiger partial charge is 0.122 e. The minimum absolute atomic E-state index is 0.778. The molecule has 0 aliphatic heterocycles. The highest BCUT2D eigenvalue weighted by Gasteiger charge is 2.14. The van der Waals surface area contributed by atoms with Gasteiger partial charge in [-0.3, -0.25) is 0 Å². The maximum Gasteiger partial charge on any atom is 0.122 e. The summed E-state index contributed by atoms with van der Waals surface area (Å²) in [5, 5.41) is 3.17. The van der Waals surface area contributed by atoms with Crippen LogP contribution in [0.15, 0.2) is 12.1 Å². The molecule has 102 valence electrons. The molecule has 0 atom stereocenters. The van der Waals surface area contributed by atoms with E-state index in [0.29, 0.717) is 0 Å². The molecule has 0 fully saturated rings. The molecule has 4 heteroatoms. The van der Waals surface area contributed by atoms with Crippen molar-refractivity contribution in [2.45, 2.75) is 27.3 Å². The SMILES string of the molecule is CNCc1[nH]c(C)nc1-c1ccc(OC)c(C)c1C. The van der Waals surface area contributed by atoms with E-state index in [1.54, 1.807) is 7.11 Å². The molecule has 1 aromatic heterocycles. The maximum atomic E-state index is 5.36. The first-order valence-electron chi connectivity index (χ1n) is 6.43. The number of hydrogen-bond donors (Lipinski definition) is 2. The second kappa shape index (κ2) is 5.45. The van der Waals surface area contributed by atoms with Crippen LogP contribution in [-0.2, 0) is 6.54 Å². The number of hydrogen-bond acceptors (Lipinski definition) is 3. The average Bonchev–Trinajstić information content (AvgIpc) is 2.74. The summed E-state index contributed by atoms with van der Waals surface area (Å²) >= 11 is 0. The van der Waals surface area contributed by atoms with Crippen molar-refractivity contribution in [2.75, 3.05) is 14.2 Å². The van der Waals surface area contributed by atoms with Crippen molar-refractivity contribution in [1.29, 1.82) is 0 Å². The summed E-state index contributed by atoms with van der Waals surface area (Å²) in [5.41, 5.74) is 5.68. The molecule has 0 radical (unpaired) electrons. The Morgan fingerprint density at radius 2 is 1.95 bits per heavy atom. The van der Waals surface area contributed by atoms with E-state index in [1.165, 1.54) is 5.56 Å². The molecule has 0 aliphatic rings. The number of nitrogens with one attached hydrogen (secondary N) is 2. The quantitative estimate of drug-likeness (QED) is 0.887. The van der Waals surface area contributed by atoms with Crippen LogP contribution in [-0.4, -0.2) is 24.1 Å². The maximum absolute atomic E-state index is 5.36. The summed E-state index contributed by atoms with van der Waals surface area (Å²) in [4.78, 5) is 7.94. The number of aromatic amines is 1. The van der Waals surface area contributed by atoms with Crippen LogP contribution in [0.4, 0.5) is 0 Å². The first kappa shape index (κ1) is 13.6. The molecule has 4 nitrogen and oxygen atoms in total. The van der Waals surface area contributed by atoms with Gasteiger partial charge in [0.05, 0.1) is 18.5 Å². The van der Waals surface area contributed by atoms with E-state index in [4.69, 9.17) is 4.74 Å². The van der Waals surface area contributed by atoms with Crippen molar-refractivity contribution < 1.29 is 4.74 Å². The second-order valence-electron chi connectivity index (χ2n) is 4.75. The molecule has 2 N–H and O–H groups in total. The summed E-state index contributed by atoms with van der Waals surface area (Å²) in [6.45, 7) is 6.95. The average molecular weight is 259 g/mol. The lowest BCUT2D eigenvalue weighted by molar-refractivity contribution is 0.411. The van der Waals surface area contributed by atoms with Crippen molar-refractivity contribution in [3.63, 3.8) is 0 Å². The van der Waals surface area contributed by atoms with Gasteiger partial charge in [-0.1, -0.05) is 0 Å². The Hall–Kier alpha value is -1.81. The standard InChI is InChI=1S/C15H21N3O/c1-9-10(2)14(19-5)7-6-12(9)15-13(8-16-4)17-11(3)18-15/h6-7,16H,8H2,1-5H3,(H,17,18). The van der Waals surface area contributed by atoms with E-state index in [1.807, 2.05) is 20.0 Å². The minimum atomic E-state index is 0.778. The number of benzene rings is 1. The van der Waals surface area contributed by atoms with Crippen molar-refractivity contribution in [2.24, 2.45) is 0 Å². The van der Waals surface area contributed by atoms with E-state index < -0.39 is 0 Å². The molecule has 0 amide bonds. The number of H-pyrrole nitrogens is 1. The molecule has 2 rings (SSSR count). The Labute approximate surface area is 114 Å². The van der Waals surface area contributed by atoms with Gasteiger partial charge in [-0.25, -0.2) is 4.98 Å². The van der Waals surface area contributed by atoms with Gasteiger partial charge in [0, 0.05) is 12.1 Å². The van der Waals surface area contributed by atoms with Crippen LogP contribution in [0.3, 0.4) is 0 Å². The van der Waals surface area contributed by atoms with Gasteiger partial charge < -0.3 is 15.0 Å². The molecule has 2 aromatic rings. The van der Waals surface area contributed by atoms with Crippen molar-refractivity contribution in [3.05, 3.63) is 34.8 Å². The van der Waals surface area contributed by atoms with Crippen LogP contribution >= 0.6 is 0 Å². The van der Waals surface area contributed by atoms with Gasteiger partial charge >= 0.3 is 0 Å². The normalized spacial score (nSPS) is 10.8. The topological polar surface area (TPSA) is 49.9 Å². The number of ether oxygens (including phenoxy) is 1. The van der Waals surface area contributed by atoms with Crippen LogP contribution in [0.5, 0.6) is 5.75 Å². The number of aryl methyl sites for hydroxylation is 1. The van der Waals surface area contributed by atoms with Gasteiger partial charge in [0.2, 0.25) is 0 Å². The number of aromatic nitrogens is 2. The van der Waals surface area contributed by atoms with Gasteiger partial charge in [-0.2, -0.15) is 0 Å². The predicted octanol–water partition coefficient (Wildman–Crippen LogP) is 2.73. The summed E-state index contributed by atoms with van der Waals surface area (Å²) < 4.78 is 5.36. The zero-order valence-electron chi connectivity index (χ0n) is 12.2. The third-order valence-electron chi connectivity index (χ3n) is 3.46. The van der Waals surface area contributed by atoms with Gasteiger partial charge in [-0.15, -0.1) is 0 Å². The molecule has 1 aromatic carbocycles. The fourth-order valence-corrected chi connectivity index (χ4v) is 2.34. The van der Waals surface area contributed by atoms with Crippen molar-refractivity contribution in [1.82, 2.24) is 15.3 Å². The van der Waals surface area contributed by atoms with Crippen LogP contribution in [0.2, 0.25) is 0 Å². The first-order chi connectivity index (χ1) is 9.08. The first-order valence-corrected chi connectivity index (χ1v) is 6.43. The summed E-state index contributed by atoms with van der Waals surface area (Å²) in [6.07, 6.45) is 0. The van der Waals surface area contributed by atoms with Gasteiger partial charge in [0.15, 0.2) is 0 Å². The van der Waals surface area contributed by atoms with Crippen molar-refractivity contribution >= 4 is 0 Å². The number of methoxy groups -OCH3 is 1. The lowest BCUT2D eigenvalue weighted by Crippen LogP contribution is -2.07. The highest BCUT2D eigenvalue weighted by molar-refractivity contribution is 5.69. The fourth-order valence-electron chi connectivity index (χ4n) is 2.34. The van der Waals surface area contributed by atoms with Gasteiger partial charge in [0.25, 0.3) is 0 Å². The van der Waals surface area contributed by atoms with Gasteiger partial charge in [-0.05, 0) is 51.1 Å². The highest BCUT2D eigenvalue weighted by Crippen LogP contribution is 2.31. The number of nitrogens with zero attached hydrogens (tertiary/aromatic N) is 1. The predicted molar refractivity (Wildman–Crippen MR) is 77.6 cm³/mol. The Morgan fingerprint density at radius 1 is 1.21 bits per heavy atom. The minimum Gasteiger partial charge on any atom is -0.496 e. The second-order valence-corrected chi connectivity index (χ2v) is 4.75. The molecule has 0 unspecified atom stereocenters. The highest BCUT2D eigenvalue weighted by atomic mass is 16.5. The Balaban J connectivity index is 2.56. The molecule has 0 aliphatic carbocycles. The van der Waals surface area contributed by atoms with Crippen molar-refractivity contribution in [3.8, 4) is 17.0 Å². The molecular weight excluding hydrogens is 238 g/mol. The van der Waals surface area contributed by atoms with Crippen LogP contribution in [0, 0.1) is 20.8 Å². The zero-order chi connectivity index (χ0) is 14.0. The molecule has 19 heavy (non-hydrogen) atoms. The van der Waals surface area contributed by atoms with E-state index in [0.717, 1.165) is 40.6 Å². The number of imidazole rings is 1. The van der Waals surface area contributed by atoms with E-state index in [2.05, 4.69) is 35.2 Å². The summed E-state index contributed by atoms with van der Waals surface area (Å²) in [6, 6.07) is 4.08. The molecular formula is C15H21N3O. The zero-order valence-corrected chi connectivity index (χ0v) is 12.2. The van der Waals surface area contributed by atoms with E-state index in [9.17, 15) is 0 Å². The molecule has 0 spiro atoms. The molecule has 0 saturated heterocycles. The Morgan fingerprint density at radius 3 is 2.58 bits per heavy atom. The molecule has 0 bridgehead atoms. The Bertz CT molecular complexity index is 587. The largest absolute Gasteiger partial charge is 0.496 e. The van der Waals surface area contributed by atoms with Crippen LogP contribution in [0.25, 0.3) is 11.3 Å². The molecule has 0 saturated carbocycles. The van der Waals surface area contributed by atoms with Crippen LogP contribution in [0.1, 0.15) is 22.6 Å². The fraction of sp³-hybridized carbons (Fsp3) is 0.400. The monoisotopic (exact) mass is 259 g/mol. The summed E-state index contributed by atoms with van der Waals surface area (Å²) in [5.74, 6) is 1.86. The molecule has 1 heterocycles. The lowest BCUT2D eigenvalue weighted by Gasteiger charge is -2.12. The third-order valence-corrected chi connectivity index (χ3v) is 3.46.